The summed E-state index contributed by atoms with van der Waals surface area (Å²) in [6.45, 7) is 0. The van der Waals surface area contributed by atoms with Crippen LogP contribution in [0.2, 0.25) is 0 Å². The number of thioether (sulfide) groups is 1. The fourth-order valence-corrected chi connectivity index (χ4v) is 4.09. The molecule has 7 heteroatoms. The Bertz CT molecular complexity index is 871. The van der Waals surface area contributed by atoms with Crippen molar-refractivity contribution in [1.29, 1.82) is 0 Å². The highest BCUT2D eigenvalue weighted by molar-refractivity contribution is 7.99. The molecule has 0 atom stereocenters. The number of carbonyl (C=O) groups is 2. The predicted molar refractivity (Wildman–Crippen MR) is 85.1 cm³/mol. The number of benzene rings is 1. The van der Waals surface area contributed by atoms with Crippen LogP contribution in [-0.4, -0.2) is 32.6 Å². The van der Waals surface area contributed by atoms with Gasteiger partial charge in [-0.1, -0.05) is 23.9 Å². The molecular formula is C15H9N3O2S2. The van der Waals surface area contributed by atoms with Gasteiger partial charge in [0.15, 0.2) is 0 Å². The maximum absolute atomic E-state index is 12.3. The fourth-order valence-electron chi connectivity index (χ4n) is 2.36. The summed E-state index contributed by atoms with van der Waals surface area (Å²) in [5.74, 6) is -0.249. The summed E-state index contributed by atoms with van der Waals surface area (Å²) in [5, 5.41) is 3.68. The normalized spacial score (nSPS) is 13.9. The molecule has 4 rings (SSSR count). The maximum atomic E-state index is 12.3. The quantitative estimate of drug-likeness (QED) is 0.420. The molecule has 0 fully saturated rings. The van der Waals surface area contributed by atoms with Crippen LogP contribution in [0.15, 0.2) is 47.1 Å². The number of hydrogen-bond donors (Lipinski definition) is 0. The first-order chi connectivity index (χ1) is 10.8. The number of thiophene rings is 1. The Hall–Kier alpha value is -2.25. The third kappa shape index (κ3) is 2.01. The van der Waals surface area contributed by atoms with E-state index in [9.17, 15) is 9.59 Å². The summed E-state index contributed by atoms with van der Waals surface area (Å²) in [5.41, 5.74) is 0.938. The van der Waals surface area contributed by atoms with Crippen LogP contribution in [0.5, 0.6) is 0 Å². The number of imide groups is 1. The van der Waals surface area contributed by atoms with E-state index in [2.05, 4.69) is 9.97 Å². The Kier molecular flexibility index (Phi) is 3.16. The van der Waals surface area contributed by atoms with Crippen molar-refractivity contribution in [3.8, 4) is 0 Å². The van der Waals surface area contributed by atoms with E-state index >= 15 is 0 Å². The second-order valence-corrected chi connectivity index (χ2v) is 6.50. The Morgan fingerprint density at radius 3 is 2.50 bits per heavy atom. The number of amides is 2. The van der Waals surface area contributed by atoms with Gasteiger partial charge in [-0.05, 0) is 23.6 Å². The van der Waals surface area contributed by atoms with Crippen molar-refractivity contribution in [1.82, 2.24) is 14.9 Å². The van der Waals surface area contributed by atoms with Crippen molar-refractivity contribution in [2.45, 2.75) is 5.03 Å². The molecule has 3 heterocycles. The maximum Gasteiger partial charge on any atom is 0.262 e. The number of aromatic nitrogens is 2. The molecule has 5 nitrogen and oxygen atoms in total. The molecule has 0 aliphatic carbocycles. The minimum Gasteiger partial charge on any atom is -0.269 e. The Morgan fingerprint density at radius 1 is 1.05 bits per heavy atom. The lowest BCUT2D eigenvalue weighted by Gasteiger charge is -2.12. The summed E-state index contributed by atoms with van der Waals surface area (Å²) < 4.78 is 0. The average Bonchev–Trinajstić information content (AvgIpc) is 3.11. The largest absolute Gasteiger partial charge is 0.269 e. The van der Waals surface area contributed by atoms with Crippen molar-refractivity contribution < 1.29 is 9.59 Å². The molecule has 0 saturated carbocycles. The SMILES string of the molecule is O=C1c2ccccc2C(=O)N1CSc1ncnc2sccc12. The molecule has 1 aliphatic rings. The molecule has 1 aliphatic heterocycles. The molecule has 0 bridgehead atoms. The van der Waals surface area contributed by atoms with Gasteiger partial charge in [0.05, 0.1) is 17.0 Å². The third-order valence-electron chi connectivity index (χ3n) is 3.43. The molecule has 108 valence electrons. The molecule has 0 radical (unpaired) electrons. The van der Waals surface area contributed by atoms with Gasteiger partial charge in [-0.2, -0.15) is 0 Å². The lowest BCUT2D eigenvalue weighted by atomic mass is 10.1. The standard InChI is InChI=1S/C15H9N3O2S2/c19-14-9-3-1-2-4-10(9)15(20)18(14)8-22-13-11-5-6-21-12(11)16-7-17-13/h1-7H,8H2. The smallest absolute Gasteiger partial charge is 0.262 e. The molecule has 0 unspecified atom stereocenters. The monoisotopic (exact) mass is 327 g/mol. The molecule has 0 N–H and O–H groups in total. The van der Waals surface area contributed by atoms with E-state index in [-0.39, 0.29) is 17.7 Å². The van der Waals surface area contributed by atoms with Crippen LogP contribution in [0.4, 0.5) is 0 Å². The van der Waals surface area contributed by atoms with Crippen LogP contribution in [0, 0.1) is 0 Å². The molecule has 1 aromatic carbocycles. The molecule has 0 spiro atoms. The molecular weight excluding hydrogens is 318 g/mol. The summed E-state index contributed by atoms with van der Waals surface area (Å²) in [7, 11) is 0. The highest BCUT2D eigenvalue weighted by atomic mass is 32.2. The highest BCUT2D eigenvalue weighted by Crippen LogP contribution is 2.30. The molecule has 3 aromatic rings. The molecule has 0 saturated heterocycles. The topological polar surface area (TPSA) is 63.2 Å². The number of hydrogen-bond acceptors (Lipinski definition) is 6. The summed E-state index contributed by atoms with van der Waals surface area (Å²) in [4.78, 5) is 35.2. The van der Waals surface area contributed by atoms with Gasteiger partial charge < -0.3 is 0 Å². The lowest BCUT2D eigenvalue weighted by Crippen LogP contribution is -2.29. The zero-order chi connectivity index (χ0) is 15.1. The van der Waals surface area contributed by atoms with E-state index < -0.39 is 0 Å². The second-order valence-electron chi connectivity index (χ2n) is 4.68. The van der Waals surface area contributed by atoms with E-state index in [1.807, 2.05) is 11.4 Å². The first-order valence-corrected chi connectivity index (χ1v) is 8.38. The predicted octanol–water partition coefficient (Wildman–Crippen LogP) is 3.04. The van der Waals surface area contributed by atoms with Crippen LogP contribution in [-0.2, 0) is 0 Å². The van der Waals surface area contributed by atoms with Crippen molar-refractivity contribution >= 4 is 45.1 Å². The Labute approximate surface area is 134 Å². The zero-order valence-corrected chi connectivity index (χ0v) is 12.9. The van der Waals surface area contributed by atoms with Crippen molar-refractivity contribution in [3.05, 3.63) is 53.2 Å². The van der Waals surface area contributed by atoms with Crippen molar-refractivity contribution in [2.75, 3.05) is 5.88 Å². The van der Waals surface area contributed by atoms with Gasteiger partial charge in [-0.3, -0.25) is 14.5 Å². The van der Waals surface area contributed by atoms with Gasteiger partial charge in [0.2, 0.25) is 0 Å². The first-order valence-electron chi connectivity index (χ1n) is 6.52. The molecule has 2 amide bonds. The lowest BCUT2D eigenvalue weighted by molar-refractivity contribution is 0.0684. The molecule has 2 aromatic heterocycles. The van der Waals surface area contributed by atoms with Gasteiger partial charge in [0, 0.05) is 5.39 Å². The van der Waals surface area contributed by atoms with Crippen LogP contribution in [0.1, 0.15) is 20.7 Å². The minimum atomic E-state index is -0.247. The summed E-state index contributed by atoms with van der Waals surface area (Å²) in [6, 6.07) is 8.84. The van der Waals surface area contributed by atoms with E-state index in [0.29, 0.717) is 11.1 Å². The third-order valence-corrected chi connectivity index (χ3v) is 5.24. The van der Waals surface area contributed by atoms with Gasteiger partial charge in [-0.25, -0.2) is 9.97 Å². The second kappa shape index (κ2) is 5.19. The minimum absolute atomic E-state index is 0.244. The van der Waals surface area contributed by atoms with Crippen LogP contribution in [0.3, 0.4) is 0 Å². The van der Waals surface area contributed by atoms with Crippen molar-refractivity contribution in [2.24, 2.45) is 0 Å². The van der Waals surface area contributed by atoms with Gasteiger partial charge in [0.25, 0.3) is 11.8 Å². The zero-order valence-electron chi connectivity index (χ0n) is 11.2. The summed E-state index contributed by atoms with van der Waals surface area (Å²) >= 11 is 2.91. The Morgan fingerprint density at radius 2 is 1.77 bits per heavy atom. The van der Waals surface area contributed by atoms with E-state index in [1.165, 1.54) is 34.3 Å². The van der Waals surface area contributed by atoms with Gasteiger partial charge >= 0.3 is 0 Å². The number of nitrogens with zero attached hydrogens (tertiary/aromatic N) is 3. The van der Waals surface area contributed by atoms with E-state index in [0.717, 1.165) is 15.2 Å². The van der Waals surface area contributed by atoms with Crippen LogP contribution < -0.4 is 0 Å². The highest BCUT2D eigenvalue weighted by Gasteiger charge is 2.35. The number of carbonyl (C=O) groups excluding carboxylic acids is 2. The number of fused-ring (bicyclic) bond motifs is 2. The molecule has 22 heavy (non-hydrogen) atoms. The Balaban J connectivity index is 1.59. The fraction of sp³-hybridized carbons (Fsp3) is 0.0667. The van der Waals surface area contributed by atoms with Gasteiger partial charge in [-0.15, -0.1) is 11.3 Å². The van der Waals surface area contributed by atoms with E-state index in [4.69, 9.17) is 0 Å². The summed E-state index contributed by atoms with van der Waals surface area (Å²) in [6.07, 6.45) is 1.50. The van der Waals surface area contributed by atoms with Crippen LogP contribution >= 0.6 is 23.1 Å². The van der Waals surface area contributed by atoms with E-state index in [1.54, 1.807) is 24.3 Å². The number of rotatable bonds is 3. The average molecular weight is 327 g/mol. The van der Waals surface area contributed by atoms with Crippen LogP contribution in [0.25, 0.3) is 10.2 Å². The van der Waals surface area contributed by atoms with Gasteiger partial charge in [0.1, 0.15) is 16.2 Å². The first kappa shape index (κ1) is 13.4. The van der Waals surface area contributed by atoms with Crippen molar-refractivity contribution in [3.63, 3.8) is 0 Å².